The van der Waals surface area contributed by atoms with Crippen LogP contribution < -0.4 is 0 Å². The Morgan fingerprint density at radius 2 is 0.797 bits per heavy atom. The van der Waals surface area contributed by atoms with E-state index in [0.29, 0.717) is 17.6 Å². The van der Waals surface area contributed by atoms with Crippen LogP contribution in [0.25, 0.3) is 137 Å². The van der Waals surface area contributed by atoms with Gasteiger partial charge in [-0.2, -0.15) is 9.97 Å². The fourth-order valence-electron chi connectivity index (χ4n) is 10.4. The van der Waals surface area contributed by atoms with Crippen LogP contribution in [-0.4, -0.2) is 19.5 Å². The number of hydrogen-bond donors (Lipinski definition) is 0. The lowest BCUT2D eigenvalue weighted by Crippen LogP contribution is -2.07. The van der Waals surface area contributed by atoms with Gasteiger partial charge in [0.05, 0.1) is 11.0 Å². The molecule has 0 spiro atoms. The van der Waals surface area contributed by atoms with E-state index >= 15 is 0 Å². The number of furan rings is 1. The fourth-order valence-corrected chi connectivity index (χ4v) is 10.4. The summed E-state index contributed by atoms with van der Waals surface area (Å²) >= 11 is 0. The molecule has 0 radical (unpaired) electrons. The van der Waals surface area contributed by atoms with E-state index in [-0.39, 0.29) is 0 Å². The van der Waals surface area contributed by atoms with E-state index in [0.717, 1.165) is 71.2 Å². The minimum Gasteiger partial charge on any atom is -0.455 e. The van der Waals surface area contributed by atoms with Crippen molar-refractivity contribution in [3.63, 3.8) is 0 Å². The van der Waals surface area contributed by atoms with E-state index in [1.165, 1.54) is 48.7 Å². The molecule has 0 bridgehead atoms. The highest BCUT2D eigenvalue weighted by Crippen LogP contribution is 2.44. The Labute approximate surface area is 366 Å². The molecule has 5 nitrogen and oxygen atoms in total. The summed E-state index contributed by atoms with van der Waals surface area (Å²) < 4.78 is 8.96. The van der Waals surface area contributed by atoms with E-state index in [9.17, 15) is 0 Å². The van der Waals surface area contributed by atoms with Gasteiger partial charge in [0, 0.05) is 38.1 Å². The molecule has 14 rings (SSSR count). The molecule has 11 aromatic carbocycles. The zero-order chi connectivity index (χ0) is 41.9. The molecule has 0 aliphatic rings. The summed E-state index contributed by atoms with van der Waals surface area (Å²) in [6, 6.07) is 73.3. The van der Waals surface area contributed by atoms with Crippen LogP contribution >= 0.6 is 0 Å². The Morgan fingerprint density at radius 1 is 0.312 bits per heavy atom. The third kappa shape index (κ3) is 5.03. The number of benzene rings is 11. The van der Waals surface area contributed by atoms with E-state index in [1.54, 1.807) is 0 Å². The van der Waals surface area contributed by atoms with Gasteiger partial charge < -0.3 is 4.42 Å². The monoisotopic (exact) mass is 814 g/mol. The Hall–Kier alpha value is -8.67. The van der Waals surface area contributed by atoms with Crippen LogP contribution in [0.4, 0.5) is 0 Å². The molecule has 0 saturated carbocycles. The van der Waals surface area contributed by atoms with Crippen molar-refractivity contribution in [3.05, 3.63) is 206 Å². The van der Waals surface area contributed by atoms with Crippen molar-refractivity contribution in [2.24, 2.45) is 0 Å². The second kappa shape index (κ2) is 13.4. The lowest BCUT2D eigenvalue weighted by Gasteiger charge is -2.15. The predicted octanol–water partition coefficient (Wildman–Crippen LogP) is 15.6. The van der Waals surface area contributed by atoms with Gasteiger partial charge in [0.2, 0.25) is 5.95 Å². The van der Waals surface area contributed by atoms with Gasteiger partial charge in [0.1, 0.15) is 11.2 Å². The molecule has 14 aromatic rings. The van der Waals surface area contributed by atoms with Crippen molar-refractivity contribution in [2.75, 3.05) is 0 Å². The van der Waals surface area contributed by atoms with Crippen molar-refractivity contribution in [3.8, 4) is 39.9 Å². The second-order valence-electron chi connectivity index (χ2n) is 16.7. The Kier molecular flexibility index (Phi) is 7.33. The molecule has 5 heteroatoms. The van der Waals surface area contributed by atoms with Gasteiger partial charge in [0.15, 0.2) is 11.6 Å². The lowest BCUT2D eigenvalue weighted by atomic mass is 9.92. The van der Waals surface area contributed by atoms with Crippen LogP contribution in [0.2, 0.25) is 0 Å². The van der Waals surface area contributed by atoms with Gasteiger partial charge in [-0.25, -0.2) is 4.98 Å². The van der Waals surface area contributed by atoms with Gasteiger partial charge in [-0.15, -0.1) is 0 Å². The Balaban J connectivity index is 1.12. The van der Waals surface area contributed by atoms with Crippen molar-refractivity contribution in [2.45, 2.75) is 0 Å². The zero-order valence-corrected chi connectivity index (χ0v) is 34.3. The smallest absolute Gasteiger partial charge is 0.238 e. The first-order chi connectivity index (χ1) is 31.7. The number of para-hydroxylation sites is 1. The van der Waals surface area contributed by atoms with Crippen LogP contribution in [0.5, 0.6) is 0 Å². The second-order valence-corrected chi connectivity index (χ2v) is 16.7. The molecule has 0 aliphatic heterocycles. The number of nitrogens with zero attached hydrogens (tertiary/aromatic N) is 4. The molecule has 0 unspecified atom stereocenters. The summed E-state index contributed by atoms with van der Waals surface area (Å²) in [5, 5.41) is 15.8. The Bertz CT molecular complexity index is 4180. The van der Waals surface area contributed by atoms with Crippen molar-refractivity contribution < 1.29 is 4.42 Å². The summed E-state index contributed by atoms with van der Waals surface area (Å²) in [5.74, 6) is 1.70. The average molecular weight is 815 g/mol. The normalized spacial score (nSPS) is 12.1. The van der Waals surface area contributed by atoms with E-state index < -0.39 is 0 Å². The molecular weight excluding hydrogens is 781 g/mol. The molecule has 296 valence electrons. The summed E-state index contributed by atoms with van der Waals surface area (Å²) in [5.41, 5.74) is 7.86. The predicted molar refractivity (Wildman–Crippen MR) is 265 cm³/mol. The first kappa shape index (κ1) is 35.0. The maximum Gasteiger partial charge on any atom is 0.238 e. The molecule has 0 amide bonds. The zero-order valence-electron chi connectivity index (χ0n) is 34.3. The third-order valence-corrected chi connectivity index (χ3v) is 13.2. The number of rotatable bonds is 4. The molecule has 0 atom stereocenters. The van der Waals surface area contributed by atoms with Gasteiger partial charge in [0.25, 0.3) is 0 Å². The third-order valence-electron chi connectivity index (χ3n) is 13.2. The van der Waals surface area contributed by atoms with Gasteiger partial charge in [-0.1, -0.05) is 176 Å². The standard InChI is InChI=1S/C59H34N4O/c1-5-19-39-35(14-1)18-13-26-43(39)46-30-31-47(45-24-10-9-23-44(45)46)57-60-58(49-34-38-17-4-8-22-42(38)56-53(49)48-25-11-12-27-52(48)64-56)62-59(61-57)63-50-32-28-36-15-2-6-20-40(36)54(50)55-41-21-7-3-16-37(41)29-33-51(55)63/h1-34H. The minimum absolute atomic E-state index is 0.543. The van der Waals surface area contributed by atoms with Crippen LogP contribution in [0.3, 0.4) is 0 Å². The van der Waals surface area contributed by atoms with Crippen LogP contribution in [0.15, 0.2) is 211 Å². The first-order valence-electron chi connectivity index (χ1n) is 21.7. The van der Waals surface area contributed by atoms with E-state index in [4.69, 9.17) is 19.4 Å². The van der Waals surface area contributed by atoms with Gasteiger partial charge >= 0.3 is 0 Å². The molecule has 0 aliphatic carbocycles. The van der Waals surface area contributed by atoms with Crippen LogP contribution in [0.1, 0.15) is 0 Å². The van der Waals surface area contributed by atoms with E-state index in [2.05, 4.69) is 199 Å². The molecule has 3 heterocycles. The molecule has 3 aromatic heterocycles. The number of fused-ring (bicyclic) bond motifs is 14. The topological polar surface area (TPSA) is 56.7 Å². The molecule has 64 heavy (non-hydrogen) atoms. The maximum absolute atomic E-state index is 6.71. The van der Waals surface area contributed by atoms with Gasteiger partial charge in [-0.05, 0) is 89.9 Å². The van der Waals surface area contributed by atoms with Crippen LogP contribution in [-0.2, 0) is 0 Å². The summed E-state index contributed by atoms with van der Waals surface area (Å²) in [6.07, 6.45) is 0. The highest BCUT2D eigenvalue weighted by Gasteiger charge is 2.24. The maximum atomic E-state index is 6.71. The molecule has 0 fully saturated rings. The summed E-state index contributed by atoms with van der Waals surface area (Å²) in [4.78, 5) is 16.6. The average Bonchev–Trinajstić information content (AvgIpc) is 3.93. The van der Waals surface area contributed by atoms with Crippen LogP contribution in [0, 0.1) is 0 Å². The van der Waals surface area contributed by atoms with Gasteiger partial charge in [-0.3, -0.25) is 4.57 Å². The summed E-state index contributed by atoms with van der Waals surface area (Å²) in [7, 11) is 0. The van der Waals surface area contributed by atoms with Crippen molar-refractivity contribution in [1.82, 2.24) is 19.5 Å². The largest absolute Gasteiger partial charge is 0.455 e. The number of hydrogen-bond acceptors (Lipinski definition) is 4. The molecule has 0 saturated heterocycles. The fraction of sp³-hybridized carbons (Fsp3) is 0. The molecular formula is C59H34N4O. The van der Waals surface area contributed by atoms with Crippen molar-refractivity contribution in [1.29, 1.82) is 0 Å². The molecule has 0 N–H and O–H groups in total. The lowest BCUT2D eigenvalue weighted by molar-refractivity contribution is 0.672. The minimum atomic E-state index is 0.543. The van der Waals surface area contributed by atoms with E-state index in [1.807, 2.05) is 12.1 Å². The SMILES string of the molecule is c1ccc2c(-c3ccc(-c4nc(-c5cc6ccccc6c6oc7ccccc7c56)nc(-n5c6ccc7ccccc7c6c6c7ccccc7ccc65)n4)c4ccccc34)cccc2c1. The van der Waals surface area contributed by atoms with Crippen molar-refractivity contribution >= 4 is 97.6 Å². The highest BCUT2D eigenvalue weighted by molar-refractivity contribution is 6.28. The highest BCUT2D eigenvalue weighted by atomic mass is 16.3. The quantitative estimate of drug-likeness (QED) is 0.178. The number of aromatic nitrogens is 4. The Morgan fingerprint density at radius 3 is 1.48 bits per heavy atom. The summed E-state index contributed by atoms with van der Waals surface area (Å²) in [6.45, 7) is 0. The first-order valence-corrected chi connectivity index (χ1v) is 21.7.